The first-order chi connectivity index (χ1) is 11.6. The summed E-state index contributed by atoms with van der Waals surface area (Å²) in [5, 5.41) is 4.58. The first-order valence-electron chi connectivity index (χ1n) is 7.66. The molecule has 4 rings (SSSR count). The number of hydrogen-bond acceptors (Lipinski definition) is 5. The van der Waals surface area contributed by atoms with Crippen molar-refractivity contribution in [3.8, 4) is 5.75 Å². The average Bonchev–Trinajstić information content (AvgIpc) is 3.17. The van der Waals surface area contributed by atoms with Crippen molar-refractivity contribution in [2.45, 2.75) is 18.3 Å². The second-order valence-electron chi connectivity index (χ2n) is 5.78. The van der Waals surface area contributed by atoms with Gasteiger partial charge in [-0.1, -0.05) is 35.5 Å². The topological polar surface area (TPSA) is 81.4 Å². The molecule has 7 heteroatoms. The fraction of sp³-hybridized carbons (Fsp3) is 0.235. The molecule has 0 unspecified atom stereocenters. The number of para-hydroxylation sites is 2. The fourth-order valence-electron chi connectivity index (χ4n) is 2.86. The third kappa shape index (κ3) is 3.00. The van der Waals surface area contributed by atoms with Crippen molar-refractivity contribution in [3.63, 3.8) is 0 Å². The summed E-state index contributed by atoms with van der Waals surface area (Å²) in [7, 11) is -3.52. The zero-order valence-electron chi connectivity index (χ0n) is 12.8. The van der Waals surface area contributed by atoms with Gasteiger partial charge in [-0.25, -0.2) is 13.1 Å². The molecule has 0 amide bonds. The van der Waals surface area contributed by atoms with Gasteiger partial charge in [-0.3, -0.25) is 0 Å². The average molecular weight is 344 g/mol. The van der Waals surface area contributed by atoms with Crippen LogP contribution >= 0.6 is 0 Å². The number of nitrogens with zero attached hydrogens (tertiary/aromatic N) is 1. The van der Waals surface area contributed by atoms with Crippen LogP contribution in [0.3, 0.4) is 0 Å². The number of benzene rings is 2. The van der Waals surface area contributed by atoms with E-state index < -0.39 is 10.0 Å². The van der Waals surface area contributed by atoms with Crippen molar-refractivity contribution in [3.05, 3.63) is 59.8 Å². The molecular weight excluding hydrogens is 328 g/mol. The van der Waals surface area contributed by atoms with E-state index in [2.05, 4.69) is 9.88 Å². The van der Waals surface area contributed by atoms with Crippen LogP contribution < -0.4 is 9.46 Å². The van der Waals surface area contributed by atoms with Gasteiger partial charge < -0.3 is 9.26 Å². The summed E-state index contributed by atoms with van der Waals surface area (Å²) in [6, 6.07) is 14.9. The lowest BCUT2D eigenvalue weighted by Crippen LogP contribution is -2.35. The lowest BCUT2D eigenvalue weighted by atomic mass is 10.1. The smallest absolute Gasteiger partial charge is 0.217 e. The Bertz CT molecular complexity index is 956. The third-order valence-corrected chi connectivity index (χ3v) is 5.28. The van der Waals surface area contributed by atoms with Gasteiger partial charge in [0.15, 0.2) is 5.58 Å². The van der Waals surface area contributed by atoms with Crippen LogP contribution in [0.15, 0.2) is 53.1 Å². The van der Waals surface area contributed by atoms with E-state index in [4.69, 9.17) is 9.26 Å². The molecule has 1 atom stereocenters. The van der Waals surface area contributed by atoms with Crippen LogP contribution in [0.1, 0.15) is 11.3 Å². The van der Waals surface area contributed by atoms with Crippen molar-refractivity contribution in [1.82, 2.24) is 9.88 Å². The molecule has 0 saturated heterocycles. The molecule has 0 bridgehead atoms. The summed E-state index contributed by atoms with van der Waals surface area (Å²) in [5.41, 5.74) is 2.09. The van der Waals surface area contributed by atoms with Crippen LogP contribution in [0.5, 0.6) is 5.75 Å². The molecule has 0 saturated carbocycles. The van der Waals surface area contributed by atoms with Crippen LogP contribution in [0.25, 0.3) is 11.0 Å². The van der Waals surface area contributed by atoms with Gasteiger partial charge in [0.1, 0.15) is 23.3 Å². The van der Waals surface area contributed by atoms with Gasteiger partial charge in [-0.15, -0.1) is 0 Å². The first kappa shape index (κ1) is 15.2. The quantitative estimate of drug-likeness (QED) is 0.768. The summed E-state index contributed by atoms with van der Waals surface area (Å²) >= 11 is 0. The SMILES string of the molecule is O=S(=O)(Cc1noc2ccccc12)NC[C@H]1Cc2ccccc2O1. The predicted molar refractivity (Wildman–Crippen MR) is 89.2 cm³/mol. The predicted octanol–water partition coefficient (Wildman–Crippen LogP) is 2.25. The molecule has 0 fully saturated rings. The van der Waals surface area contributed by atoms with Crippen molar-refractivity contribution in [1.29, 1.82) is 0 Å². The number of sulfonamides is 1. The third-order valence-electron chi connectivity index (χ3n) is 4.02. The van der Waals surface area contributed by atoms with Crippen LogP contribution in [-0.2, 0) is 22.2 Å². The van der Waals surface area contributed by atoms with E-state index in [0.717, 1.165) is 11.3 Å². The van der Waals surface area contributed by atoms with Gasteiger partial charge in [-0.2, -0.15) is 0 Å². The maximum Gasteiger partial charge on any atom is 0.217 e. The van der Waals surface area contributed by atoms with Crippen LogP contribution in [0.2, 0.25) is 0 Å². The second-order valence-corrected chi connectivity index (χ2v) is 7.59. The lowest BCUT2D eigenvalue weighted by Gasteiger charge is -2.11. The van der Waals surface area contributed by atoms with Crippen molar-refractivity contribution < 1.29 is 17.7 Å². The van der Waals surface area contributed by atoms with Gasteiger partial charge in [-0.05, 0) is 23.8 Å². The van der Waals surface area contributed by atoms with Crippen LogP contribution in [0, 0.1) is 0 Å². The first-order valence-corrected chi connectivity index (χ1v) is 9.31. The summed E-state index contributed by atoms with van der Waals surface area (Å²) in [5.74, 6) is 0.605. The van der Waals surface area contributed by atoms with Gasteiger partial charge in [0.25, 0.3) is 0 Å². The van der Waals surface area contributed by atoms with Gasteiger partial charge >= 0.3 is 0 Å². The van der Waals surface area contributed by atoms with E-state index in [-0.39, 0.29) is 18.4 Å². The van der Waals surface area contributed by atoms with Crippen molar-refractivity contribution in [2.75, 3.05) is 6.54 Å². The number of rotatable bonds is 5. The molecule has 3 aromatic rings. The van der Waals surface area contributed by atoms with E-state index in [1.54, 1.807) is 12.1 Å². The molecule has 0 radical (unpaired) electrons. The monoisotopic (exact) mass is 344 g/mol. The van der Waals surface area contributed by atoms with E-state index in [0.29, 0.717) is 23.1 Å². The zero-order valence-corrected chi connectivity index (χ0v) is 13.6. The highest BCUT2D eigenvalue weighted by Crippen LogP contribution is 2.28. The van der Waals surface area contributed by atoms with E-state index in [1.165, 1.54) is 0 Å². The minimum Gasteiger partial charge on any atom is -0.488 e. The molecule has 124 valence electrons. The number of nitrogens with one attached hydrogen (secondary N) is 1. The Hall–Kier alpha value is -2.38. The van der Waals surface area contributed by atoms with Gasteiger partial charge in [0.05, 0.1) is 0 Å². The molecule has 1 aliphatic heterocycles. The van der Waals surface area contributed by atoms with Gasteiger partial charge in [0, 0.05) is 18.4 Å². The maximum absolute atomic E-state index is 12.3. The van der Waals surface area contributed by atoms with Crippen LogP contribution in [0.4, 0.5) is 0 Å². The molecular formula is C17H16N2O4S. The standard InChI is InChI=1S/C17H16N2O4S/c20-24(21,11-15-14-6-2-4-8-17(14)23-19-15)18-10-13-9-12-5-1-3-7-16(12)22-13/h1-8,13,18H,9-11H2/t13-/m1/s1. The molecule has 2 aromatic carbocycles. The summed E-state index contributed by atoms with van der Waals surface area (Å²) < 4.78 is 38.1. The highest BCUT2D eigenvalue weighted by Gasteiger charge is 2.25. The minimum atomic E-state index is -3.52. The van der Waals surface area contributed by atoms with Crippen molar-refractivity contribution >= 4 is 21.0 Å². The normalized spacial score (nSPS) is 16.9. The molecule has 6 nitrogen and oxygen atoms in total. The number of fused-ring (bicyclic) bond motifs is 2. The van der Waals surface area contributed by atoms with E-state index in [9.17, 15) is 8.42 Å². The fourth-order valence-corrected chi connectivity index (χ4v) is 3.97. The number of aromatic nitrogens is 1. The molecule has 0 spiro atoms. The lowest BCUT2D eigenvalue weighted by molar-refractivity contribution is 0.236. The Morgan fingerprint density at radius 2 is 1.92 bits per heavy atom. The summed E-state index contributed by atoms with van der Waals surface area (Å²) in [6.45, 7) is 0.229. The van der Waals surface area contributed by atoms with Gasteiger partial charge in [0.2, 0.25) is 10.0 Å². The Balaban J connectivity index is 1.41. The minimum absolute atomic E-state index is 0.189. The second kappa shape index (κ2) is 5.92. The Labute approximate surface area is 139 Å². The summed E-state index contributed by atoms with van der Waals surface area (Å²) in [6.07, 6.45) is 0.511. The molecule has 0 aliphatic carbocycles. The molecule has 1 aromatic heterocycles. The Kier molecular flexibility index (Phi) is 3.74. The number of hydrogen-bond donors (Lipinski definition) is 1. The Morgan fingerprint density at radius 1 is 1.12 bits per heavy atom. The van der Waals surface area contributed by atoms with Crippen molar-refractivity contribution in [2.24, 2.45) is 0 Å². The molecule has 2 heterocycles. The molecule has 1 N–H and O–H groups in total. The summed E-state index contributed by atoms with van der Waals surface area (Å²) in [4.78, 5) is 0. The highest BCUT2D eigenvalue weighted by atomic mass is 32.2. The number of ether oxygens (including phenoxy) is 1. The molecule has 1 aliphatic rings. The maximum atomic E-state index is 12.3. The largest absolute Gasteiger partial charge is 0.488 e. The van der Waals surface area contributed by atoms with E-state index in [1.807, 2.05) is 36.4 Å². The van der Waals surface area contributed by atoms with E-state index >= 15 is 0 Å². The zero-order chi connectivity index (χ0) is 16.6. The van der Waals surface area contributed by atoms with Crippen LogP contribution in [-0.4, -0.2) is 26.2 Å². The Morgan fingerprint density at radius 3 is 2.79 bits per heavy atom. The highest BCUT2D eigenvalue weighted by molar-refractivity contribution is 7.88. The molecule has 24 heavy (non-hydrogen) atoms.